The van der Waals surface area contributed by atoms with Crippen LogP contribution in [-0.4, -0.2) is 53.7 Å². The molecular formula is C21H29N3O4. The second kappa shape index (κ2) is 11.4. The normalized spacial score (nSPS) is 15.4. The van der Waals surface area contributed by atoms with Crippen LogP contribution < -0.4 is 16.8 Å². The predicted molar refractivity (Wildman–Crippen MR) is 108 cm³/mol. The molecular weight excluding hydrogens is 358 g/mol. The molecule has 0 aliphatic carbocycles. The molecule has 0 bridgehead atoms. The first-order valence-electron chi connectivity index (χ1n) is 9.32. The summed E-state index contributed by atoms with van der Waals surface area (Å²) in [6, 6.07) is 18.6. The minimum Gasteiger partial charge on any atom is -0.443 e. The fraction of sp³-hybridized carbons (Fsp3) is 0.381. The van der Waals surface area contributed by atoms with E-state index >= 15 is 0 Å². The molecule has 0 radical (unpaired) electrons. The summed E-state index contributed by atoms with van der Waals surface area (Å²) in [7, 11) is 0. The number of carbonyl (C=O) groups is 1. The highest BCUT2D eigenvalue weighted by Gasteiger charge is 2.23. The molecule has 2 aromatic rings. The molecule has 0 aliphatic rings. The molecule has 1 amide bonds. The number of ether oxygens (including phenoxy) is 1. The topological polar surface area (TPSA) is 131 Å². The molecule has 7 nitrogen and oxygen atoms in total. The van der Waals surface area contributed by atoms with E-state index in [0.29, 0.717) is 12.8 Å². The Morgan fingerprint density at radius 1 is 0.893 bits per heavy atom. The van der Waals surface area contributed by atoms with Crippen LogP contribution >= 0.6 is 0 Å². The summed E-state index contributed by atoms with van der Waals surface area (Å²) in [5, 5.41) is 23.6. The lowest BCUT2D eigenvalue weighted by Gasteiger charge is -2.24. The van der Waals surface area contributed by atoms with Crippen molar-refractivity contribution in [2.24, 2.45) is 11.5 Å². The Hall–Kier alpha value is -2.45. The number of aliphatic hydroxyl groups is 2. The number of benzene rings is 2. The van der Waals surface area contributed by atoms with Crippen LogP contribution in [0.2, 0.25) is 0 Å². The molecule has 7 N–H and O–H groups in total. The number of hydrogen-bond acceptors (Lipinski definition) is 6. The highest BCUT2D eigenvalue weighted by atomic mass is 16.6. The lowest BCUT2D eigenvalue weighted by Crippen LogP contribution is -2.47. The van der Waals surface area contributed by atoms with Crippen LogP contribution in [-0.2, 0) is 17.6 Å². The monoisotopic (exact) mass is 387 g/mol. The molecule has 0 spiro atoms. The van der Waals surface area contributed by atoms with Gasteiger partial charge in [-0.2, -0.15) is 0 Å². The van der Waals surface area contributed by atoms with Gasteiger partial charge in [0.05, 0.1) is 6.10 Å². The van der Waals surface area contributed by atoms with Gasteiger partial charge >= 0.3 is 6.09 Å². The predicted octanol–water partition coefficient (Wildman–Crippen LogP) is 0.574. The minimum atomic E-state index is -0.981. The number of hydrogen-bond donors (Lipinski definition) is 5. The lowest BCUT2D eigenvalue weighted by molar-refractivity contribution is 0.00575. The average Bonchev–Trinajstić information content (AvgIpc) is 2.68. The van der Waals surface area contributed by atoms with Crippen LogP contribution in [0.15, 0.2) is 60.7 Å². The van der Waals surface area contributed by atoms with E-state index in [1.807, 2.05) is 60.7 Å². The third-order valence-electron chi connectivity index (χ3n) is 4.49. The third-order valence-corrected chi connectivity index (χ3v) is 4.49. The average molecular weight is 387 g/mol. The van der Waals surface area contributed by atoms with Gasteiger partial charge in [-0.25, -0.2) is 4.79 Å². The fourth-order valence-electron chi connectivity index (χ4n) is 2.94. The summed E-state index contributed by atoms with van der Waals surface area (Å²) in [6.45, 7) is 0.333. The van der Waals surface area contributed by atoms with Gasteiger partial charge < -0.3 is 31.7 Å². The van der Waals surface area contributed by atoms with E-state index in [1.54, 1.807) is 0 Å². The number of nitrogens with one attached hydrogen (secondary N) is 1. The van der Waals surface area contributed by atoms with E-state index in [2.05, 4.69) is 5.32 Å². The maximum atomic E-state index is 11.2. The first-order chi connectivity index (χ1) is 13.5. The van der Waals surface area contributed by atoms with Crippen molar-refractivity contribution in [3.8, 4) is 0 Å². The van der Waals surface area contributed by atoms with Crippen molar-refractivity contribution in [3.05, 3.63) is 71.8 Å². The Morgan fingerprint density at radius 2 is 1.39 bits per heavy atom. The zero-order chi connectivity index (χ0) is 20.4. The third kappa shape index (κ3) is 7.66. The number of aliphatic hydroxyl groups excluding tert-OH is 2. The van der Waals surface area contributed by atoms with Crippen molar-refractivity contribution in [1.82, 2.24) is 5.32 Å². The van der Waals surface area contributed by atoms with Crippen molar-refractivity contribution in [1.29, 1.82) is 0 Å². The summed E-state index contributed by atoms with van der Waals surface area (Å²) in [5.41, 5.74) is 13.1. The van der Waals surface area contributed by atoms with Gasteiger partial charge in [-0.15, -0.1) is 0 Å². The van der Waals surface area contributed by atoms with Crippen molar-refractivity contribution in [2.45, 2.75) is 37.2 Å². The second-order valence-electron chi connectivity index (χ2n) is 6.81. The van der Waals surface area contributed by atoms with E-state index in [0.717, 1.165) is 11.1 Å². The smallest absolute Gasteiger partial charge is 0.404 e. The van der Waals surface area contributed by atoms with Gasteiger partial charge in [0.15, 0.2) is 0 Å². The van der Waals surface area contributed by atoms with Gasteiger partial charge in [-0.3, -0.25) is 0 Å². The summed E-state index contributed by atoms with van der Waals surface area (Å²) < 4.78 is 5.06. The molecule has 4 unspecified atom stereocenters. The number of primary amides is 1. The van der Waals surface area contributed by atoms with Gasteiger partial charge in [0.25, 0.3) is 0 Å². The molecule has 0 saturated carbocycles. The van der Waals surface area contributed by atoms with Crippen LogP contribution in [0.3, 0.4) is 0 Å². The van der Waals surface area contributed by atoms with Crippen LogP contribution in [0.5, 0.6) is 0 Å². The standard InChI is InChI=1S/C21H29N3O4/c22-17(11-15-7-3-1-4-8-15)18(25)13-24-14-19(26)20(28-21(23)27)12-16-9-5-2-6-10-16/h1-10,17-20,24-26H,11-14,22H2,(H2,23,27). The Balaban J connectivity index is 1.80. The van der Waals surface area contributed by atoms with Gasteiger partial charge in [0.1, 0.15) is 12.2 Å². The van der Waals surface area contributed by atoms with Crippen LogP contribution in [0.25, 0.3) is 0 Å². The second-order valence-corrected chi connectivity index (χ2v) is 6.81. The maximum Gasteiger partial charge on any atom is 0.404 e. The summed E-state index contributed by atoms with van der Waals surface area (Å²) in [4.78, 5) is 11.2. The molecule has 28 heavy (non-hydrogen) atoms. The summed E-state index contributed by atoms with van der Waals surface area (Å²) in [5.74, 6) is 0. The lowest BCUT2D eigenvalue weighted by atomic mass is 10.0. The minimum absolute atomic E-state index is 0.125. The number of nitrogens with two attached hydrogens (primary N) is 2. The molecule has 0 heterocycles. The van der Waals surface area contributed by atoms with Gasteiger partial charge in [-0.1, -0.05) is 60.7 Å². The summed E-state index contributed by atoms with van der Waals surface area (Å²) in [6.07, 6.45) is -2.61. The van der Waals surface area contributed by atoms with Crippen molar-refractivity contribution in [3.63, 3.8) is 0 Å². The Morgan fingerprint density at radius 3 is 1.93 bits per heavy atom. The maximum absolute atomic E-state index is 11.2. The molecule has 0 aliphatic heterocycles. The molecule has 2 aromatic carbocycles. The molecule has 7 heteroatoms. The molecule has 4 atom stereocenters. The van der Waals surface area contributed by atoms with Crippen LogP contribution in [0.4, 0.5) is 4.79 Å². The van der Waals surface area contributed by atoms with Crippen LogP contribution in [0.1, 0.15) is 11.1 Å². The first kappa shape index (κ1) is 21.8. The molecule has 0 fully saturated rings. The molecule has 2 rings (SSSR count). The largest absolute Gasteiger partial charge is 0.443 e. The Kier molecular flexibility index (Phi) is 8.90. The number of rotatable bonds is 11. The number of carbonyl (C=O) groups excluding carboxylic acids is 1. The highest BCUT2D eigenvalue weighted by molar-refractivity contribution is 5.64. The van der Waals surface area contributed by atoms with E-state index in [4.69, 9.17) is 16.2 Å². The van der Waals surface area contributed by atoms with E-state index < -0.39 is 30.4 Å². The van der Waals surface area contributed by atoms with Gasteiger partial charge in [0.2, 0.25) is 0 Å². The Bertz CT molecular complexity index is 699. The molecule has 0 aromatic heterocycles. The highest BCUT2D eigenvalue weighted by Crippen LogP contribution is 2.10. The first-order valence-corrected chi connectivity index (χ1v) is 9.32. The van der Waals surface area contributed by atoms with Crippen molar-refractivity contribution >= 4 is 6.09 Å². The quantitative estimate of drug-likeness (QED) is 0.383. The Labute approximate surface area is 165 Å². The zero-order valence-electron chi connectivity index (χ0n) is 15.8. The zero-order valence-corrected chi connectivity index (χ0v) is 15.8. The van der Waals surface area contributed by atoms with E-state index in [1.165, 1.54) is 0 Å². The van der Waals surface area contributed by atoms with Crippen molar-refractivity contribution < 1.29 is 19.7 Å². The summed E-state index contributed by atoms with van der Waals surface area (Å²) >= 11 is 0. The van der Waals surface area contributed by atoms with Crippen LogP contribution in [0, 0.1) is 0 Å². The SMILES string of the molecule is NC(=O)OC(Cc1ccccc1)C(O)CNCC(O)C(N)Cc1ccccc1. The van der Waals surface area contributed by atoms with E-state index in [9.17, 15) is 15.0 Å². The van der Waals surface area contributed by atoms with Crippen molar-refractivity contribution in [2.75, 3.05) is 13.1 Å². The van der Waals surface area contributed by atoms with Gasteiger partial charge in [0, 0.05) is 25.6 Å². The van der Waals surface area contributed by atoms with Gasteiger partial charge in [-0.05, 0) is 17.5 Å². The fourth-order valence-corrected chi connectivity index (χ4v) is 2.94. The van der Waals surface area contributed by atoms with E-state index in [-0.39, 0.29) is 13.1 Å². The molecule has 0 saturated heterocycles. The molecule has 152 valence electrons. The number of amides is 1.